The molecule has 5 nitrogen and oxygen atoms in total. The maximum atomic E-state index is 12.1. The number of rotatable bonds is 4. The van der Waals surface area contributed by atoms with E-state index in [-0.39, 0.29) is 11.4 Å². The summed E-state index contributed by atoms with van der Waals surface area (Å²) in [5.74, 6) is 0. The van der Waals surface area contributed by atoms with Gasteiger partial charge in [-0.2, -0.15) is 0 Å². The van der Waals surface area contributed by atoms with Crippen molar-refractivity contribution in [3.63, 3.8) is 0 Å². The molecule has 2 aromatic rings. The Hall–Kier alpha value is -1.76. The Labute approximate surface area is 122 Å². The molecule has 0 saturated heterocycles. The molecule has 0 aliphatic heterocycles. The van der Waals surface area contributed by atoms with E-state index in [1.807, 2.05) is 0 Å². The summed E-state index contributed by atoms with van der Waals surface area (Å²) in [4.78, 5) is 0.151. The Morgan fingerprint density at radius 2 is 1.60 bits per heavy atom. The molecule has 0 spiro atoms. The Bertz CT molecular complexity index is 715. The van der Waals surface area contributed by atoms with Crippen LogP contribution < -0.4 is 16.2 Å². The SMILES string of the molecule is Nc1ccc(S(=O)(=O)NCc2ccc(N)cc2Cl)cc1. The van der Waals surface area contributed by atoms with Crippen molar-refractivity contribution in [3.05, 3.63) is 53.1 Å². The molecule has 5 N–H and O–H groups in total. The van der Waals surface area contributed by atoms with Crippen LogP contribution in [0.15, 0.2) is 47.4 Å². The van der Waals surface area contributed by atoms with Crippen LogP contribution in [-0.2, 0) is 16.6 Å². The van der Waals surface area contributed by atoms with E-state index in [0.717, 1.165) is 0 Å². The maximum absolute atomic E-state index is 12.1. The Kier molecular flexibility index (Phi) is 4.17. The van der Waals surface area contributed by atoms with Gasteiger partial charge in [-0.3, -0.25) is 0 Å². The highest BCUT2D eigenvalue weighted by molar-refractivity contribution is 7.89. The Morgan fingerprint density at radius 1 is 1.00 bits per heavy atom. The molecule has 0 aromatic heterocycles. The van der Waals surface area contributed by atoms with Gasteiger partial charge in [0.1, 0.15) is 0 Å². The average molecular weight is 312 g/mol. The standard InChI is InChI=1S/C13H14ClN3O2S/c14-13-7-11(16)2-1-9(13)8-17-20(18,19)12-5-3-10(15)4-6-12/h1-7,17H,8,15-16H2. The van der Waals surface area contributed by atoms with E-state index in [1.54, 1.807) is 18.2 Å². The first-order chi connectivity index (χ1) is 9.38. The van der Waals surface area contributed by atoms with Gasteiger partial charge in [0.25, 0.3) is 0 Å². The van der Waals surface area contributed by atoms with Gasteiger partial charge in [0.2, 0.25) is 10.0 Å². The number of hydrogen-bond acceptors (Lipinski definition) is 4. The van der Waals surface area contributed by atoms with Gasteiger partial charge in [-0.1, -0.05) is 17.7 Å². The number of anilines is 2. The summed E-state index contributed by atoms with van der Waals surface area (Å²) < 4.78 is 26.6. The molecule has 20 heavy (non-hydrogen) atoms. The number of nitrogens with one attached hydrogen (secondary N) is 1. The van der Waals surface area contributed by atoms with Crippen molar-refractivity contribution in [1.29, 1.82) is 0 Å². The summed E-state index contributed by atoms with van der Waals surface area (Å²) in [7, 11) is -3.60. The van der Waals surface area contributed by atoms with Gasteiger partial charge in [0, 0.05) is 22.9 Å². The fourth-order valence-corrected chi connectivity index (χ4v) is 2.87. The van der Waals surface area contributed by atoms with Crippen LogP contribution in [0.1, 0.15) is 5.56 Å². The van der Waals surface area contributed by atoms with Crippen LogP contribution in [0.25, 0.3) is 0 Å². The van der Waals surface area contributed by atoms with Crippen LogP contribution in [-0.4, -0.2) is 8.42 Å². The van der Waals surface area contributed by atoms with Crippen molar-refractivity contribution in [2.45, 2.75) is 11.4 Å². The fourth-order valence-electron chi connectivity index (χ4n) is 1.61. The summed E-state index contributed by atoms with van der Waals surface area (Å²) >= 11 is 5.99. The molecule has 106 valence electrons. The molecule has 0 fully saturated rings. The first kappa shape index (κ1) is 14.6. The van der Waals surface area contributed by atoms with E-state index in [9.17, 15) is 8.42 Å². The molecule has 0 aliphatic carbocycles. The van der Waals surface area contributed by atoms with Gasteiger partial charge in [0.15, 0.2) is 0 Å². The molecular formula is C13H14ClN3O2S. The van der Waals surface area contributed by atoms with Crippen molar-refractivity contribution < 1.29 is 8.42 Å². The zero-order valence-electron chi connectivity index (χ0n) is 10.5. The number of hydrogen-bond donors (Lipinski definition) is 3. The molecule has 0 bridgehead atoms. The molecule has 0 unspecified atom stereocenters. The highest BCUT2D eigenvalue weighted by Crippen LogP contribution is 2.20. The Balaban J connectivity index is 2.15. The van der Waals surface area contributed by atoms with Crippen molar-refractivity contribution in [1.82, 2.24) is 4.72 Å². The lowest BCUT2D eigenvalue weighted by atomic mass is 10.2. The second-order valence-corrected chi connectivity index (χ2v) is 6.42. The molecular weight excluding hydrogens is 298 g/mol. The third-order valence-electron chi connectivity index (χ3n) is 2.72. The van der Waals surface area contributed by atoms with Crippen LogP contribution in [0.2, 0.25) is 5.02 Å². The van der Waals surface area contributed by atoms with Crippen LogP contribution in [0.3, 0.4) is 0 Å². The maximum Gasteiger partial charge on any atom is 0.240 e. The third kappa shape index (κ3) is 3.41. The highest BCUT2D eigenvalue weighted by Gasteiger charge is 2.14. The molecule has 0 amide bonds. The summed E-state index contributed by atoms with van der Waals surface area (Å²) in [6.45, 7) is 0.0891. The number of nitrogens with two attached hydrogens (primary N) is 2. The lowest BCUT2D eigenvalue weighted by Gasteiger charge is -2.09. The largest absolute Gasteiger partial charge is 0.399 e. The number of benzene rings is 2. The lowest BCUT2D eigenvalue weighted by molar-refractivity contribution is 0.581. The van der Waals surface area contributed by atoms with Crippen molar-refractivity contribution in [2.24, 2.45) is 0 Å². The second-order valence-electron chi connectivity index (χ2n) is 4.24. The minimum absolute atomic E-state index is 0.0891. The van der Waals surface area contributed by atoms with Gasteiger partial charge in [-0.05, 0) is 42.0 Å². The quantitative estimate of drug-likeness (QED) is 0.752. The molecule has 7 heteroatoms. The predicted octanol–water partition coefficient (Wildman–Crippen LogP) is 1.98. The number of sulfonamides is 1. The van der Waals surface area contributed by atoms with E-state index in [2.05, 4.69) is 4.72 Å². The first-order valence-electron chi connectivity index (χ1n) is 5.77. The van der Waals surface area contributed by atoms with Gasteiger partial charge >= 0.3 is 0 Å². The van der Waals surface area contributed by atoms with Crippen molar-refractivity contribution in [2.75, 3.05) is 11.5 Å². The summed E-state index contributed by atoms with van der Waals surface area (Å²) in [5.41, 5.74) is 12.8. The summed E-state index contributed by atoms with van der Waals surface area (Å²) in [6, 6.07) is 10.9. The van der Waals surface area contributed by atoms with Crippen LogP contribution in [0, 0.1) is 0 Å². The zero-order valence-corrected chi connectivity index (χ0v) is 12.1. The number of halogens is 1. The molecule has 0 aliphatic rings. The Morgan fingerprint density at radius 3 is 2.20 bits per heavy atom. The highest BCUT2D eigenvalue weighted by atomic mass is 35.5. The molecule has 0 heterocycles. The van der Waals surface area contributed by atoms with Crippen molar-refractivity contribution >= 4 is 33.0 Å². The summed E-state index contributed by atoms with van der Waals surface area (Å²) in [6.07, 6.45) is 0. The summed E-state index contributed by atoms with van der Waals surface area (Å²) in [5, 5.41) is 0.421. The fraction of sp³-hybridized carbons (Fsp3) is 0.0769. The topological polar surface area (TPSA) is 98.2 Å². The van der Waals surface area contributed by atoms with E-state index >= 15 is 0 Å². The van der Waals surface area contributed by atoms with E-state index in [4.69, 9.17) is 23.1 Å². The molecule has 0 radical (unpaired) electrons. The minimum atomic E-state index is -3.60. The van der Waals surface area contributed by atoms with E-state index in [0.29, 0.717) is 22.0 Å². The first-order valence-corrected chi connectivity index (χ1v) is 7.64. The van der Waals surface area contributed by atoms with Crippen LogP contribution in [0.4, 0.5) is 11.4 Å². The minimum Gasteiger partial charge on any atom is -0.399 e. The smallest absolute Gasteiger partial charge is 0.240 e. The zero-order chi connectivity index (χ0) is 14.8. The second kappa shape index (κ2) is 5.70. The third-order valence-corrected chi connectivity index (χ3v) is 4.49. The molecule has 0 atom stereocenters. The van der Waals surface area contributed by atoms with Gasteiger partial charge < -0.3 is 11.5 Å². The molecule has 2 aromatic carbocycles. The van der Waals surface area contributed by atoms with Crippen LogP contribution in [0.5, 0.6) is 0 Å². The lowest BCUT2D eigenvalue weighted by Crippen LogP contribution is -2.23. The molecule has 2 rings (SSSR count). The monoisotopic (exact) mass is 311 g/mol. The van der Waals surface area contributed by atoms with Gasteiger partial charge in [-0.25, -0.2) is 13.1 Å². The van der Waals surface area contributed by atoms with E-state index < -0.39 is 10.0 Å². The molecule has 0 saturated carbocycles. The normalized spacial score (nSPS) is 11.4. The van der Waals surface area contributed by atoms with Crippen LogP contribution >= 0.6 is 11.6 Å². The van der Waals surface area contributed by atoms with Crippen molar-refractivity contribution in [3.8, 4) is 0 Å². The number of nitrogen functional groups attached to an aromatic ring is 2. The van der Waals surface area contributed by atoms with E-state index in [1.165, 1.54) is 24.3 Å². The predicted molar refractivity (Wildman–Crippen MR) is 80.7 cm³/mol. The average Bonchev–Trinajstić information content (AvgIpc) is 2.38. The van der Waals surface area contributed by atoms with Gasteiger partial charge in [0.05, 0.1) is 4.90 Å². The van der Waals surface area contributed by atoms with Gasteiger partial charge in [-0.15, -0.1) is 0 Å².